The number of hydrogen-bond donors (Lipinski definition) is 1. The third kappa shape index (κ3) is 7.61. The molecule has 3 aromatic carbocycles. The monoisotopic (exact) mass is 500 g/mol. The Bertz CT molecular complexity index is 1260. The molecule has 35 heavy (non-hydrogen) atoms. The molecular weight excluding hydrogens is 488 g/mol. The van der Waals surface area contributed by atoms with Gasteiger partial charge in [-0.15, -0.1) is 0 Å². The summed E-state index contributed by atoms with van der Waals surface area (Å²) < 4.78 is 107. The van der Waals surface area contributed by atoms with Gasteiger partial charge in [-0.05, 0) is 48.0 Å². The third-order valence-corrected chi connectivity index (χ3v) is 4.19. The van der Waals surface area contributed by atoms with Gasteiger partial charge in [0.2, 0.25) is 0 Å². The molecule has 0 saturated carbocycles. The molecular formula is C23H12F8N2O2. The molecule has 0 aliphatic rings. The molecule has 0 atom stereocenters. The number of phenols is 1. The van der Waals surface area contributed by atoms with Crippen molar-refractivity contribution in [3.8, 4) is 23.6 Å². The molecule has 182 valence electrons. The summed E-state index contributed by atoms with van der Waals surface area (Å²) in [6.07, 6.45) is -9.92. The lowest BCUT2D eigenvalue weighted by atomic mass is 10.1. The van der Waals surface area contributed by atoms with E-state index < -0.39 is 41.7 Å². The molecule has 0 aromatic heterocycles. The van der Waals surface area contributed by atoms with Crippen LogP contribution in [0, 0.1) is 34.3 Å². The quantitative estimate of drug-likeness (QED) is 0.405. The van der Waals surface area contributed by atoms with E-state index in [1.54, 1.807) is 12.1 Å². The molecule has 3 rings (SSSR count). The predicted octanol–water partition coefficient (Wildman–Crippen LogP) is 6.72. The van der Waals surface area contributed by atoms with E-state index in [9.17, 15) is 35.1 Å². The summed E-state index contributed by atoms with van der Waals surface area (Å²) in [5.41, 5.74) is -3.64. The fraction of sp³-hybridized carbons (Fsp3) is 0.130. The van der Waals surface area contributed by atoms with Gasteiger partial charge in [-0.3, -0.25) is 0 Å². The third-order valence-electron chi connectivity index (χ3n) is 4.19. The molecule has 12 heteroatoms. The van der Waals surface area contributed by atoms with Crippen molar-refractivity contribution in [1.29, 1.82) is 10.5 Å². The van der Waals surface area contributed by atoms with Crippen LogP contribution in [0.2, 0.25) is 0 Å². The Morgan fingerprint density at radius 2 is 1.20 bits per heavy atom. The fourth-order valence-corrected chi connectivity index (χ4v) is 2.54. The molecule has 0 spiro atoms. The minimum absolute atomic E-state index is 0.00484. The highest BCUT2D eigenvalue weighted by molar-refractivity contribution is 5.37. The number of benzene rings is 3. The molecule has 3 aromatic rings. The molecule has 0 amide bonds. The van der Waals surface area contributed by atoms with Gasteiger partial charge in [-0.25, -0.2) is 8.78 Å². The highest BCUT2D eigenvalue weighted by Crippen LogP contribution is 2.36. The van der Waals surface area contributed by atoms with Crippen LogP contribution in [0.25, 0.3) is 0 Å². The minimum Gasteiger partial charge on any atom is -0.508 e. The van der Waals surface area contributed by atoms with Crippen LogP contribution in [0.4, 0.5) is 35.1 Å². The summed E-state index contributed by atoms with van der Waals surface area (Å²) in [5.74, 6) is -1.92. The van der Waals surface area contributed by atoms with Crippen molar-refractivity contribution in [3.05, 3.63) is 94.0 Å². The van der Waals surface area contributed by atoms with Gasteiger partial charge in [0.05, 0.1) is 22.3 Å². The lowest BCUT2D eigenvalue weighted by molar-refractivity contribution is -0.143. The number of nitrogens with zero attached hydrogens (tertiary/aromatic N) is 2. The Kier molecular flexibility index (Phi) is 8.26. The van der Waals surface area contributed by atoms with E-state index >= 15 is 0 Å². The molecule has 0 bridgehead atoms. The summed E-state index contributed by atoms with van der Waals surface area (Å²) >= 11 is 0. The second kappa shape index (κ2) is 10.7. The van der Waals surface area contributed by atoms with Crippen molar-refractivity contribution in [1.82, 2.24) is 0 Å². The van der Waals surface area contributed by atoms with E-state index in [1.165, 1.54) is 18.2 Å². The lowest BCUT2D eigenvalue weighted by Crippen LogP contribution is -2.12. The summed E-state index contributed by atoms with van der Waals surface area (Å²) in [4.78, 5) is 0. The van der Waals surface area contributed by atoms with Crippen LogP contribution in [0.3, 0.4) is 0 Å². The van der Waals surface area contributed by atoms with Gasteiger partial charge in [0, 0.05) is 12.1 Å². The molecule has 0 aliphatic heterocycles. The Morgan fingerprint density at radius 1 is 0.714 bits per heavy atom. The van der Waals surface area contributed by atoms with Crippen LogP contribution < -0.4 is 4.74 Å². The minimum atomic E-state index is -4.96. The summed E-state index contributed by atoms with van der Waals surface area (Å²) in [6, 6.07) is 10.7. The van der Waals surface area contributed by atoms with Gasteiger partial charge in [0.25, 0.3) is 0 Å². The van der Waals surface area contributed by atoms with Crippen LogP contribution in [0.15, 0.2) is 54.6 Å². The largest absolute Gasteiger partial charge is 0.508 e. The van der Waals surface area contributed by atoms with Gasteiger partial charge in [0.1, 0.15) is 41.9 Å². The van der Waals surface area contributed by atoms with Gasteiger partial charge in [-0.1, -0.05) is 0 Å². The van der Waals surface area contributed by atoms with Crippen LogP contribution in [-0.4, -0.2) is 5.11 Å². The molecule has 0 saturated heterocycles. The normalized spacial score (nSPS) is 11.0. The van der Waals surface area contributed by atoms with E-state index in [4.69, 9.17) is 20.4 Å². The van der Waals surface area contributed by atoms with Crippen LogP contribution >= 0.6 is 0 Å². The summed E-state index contributed by atoms with van der Waals surface area (Å²) in [5, 5.41) is 25.5. The second-order valence-corrected chi connectivity index (χ2v) is 6.73. The second-order valence-electron chi connectivity index (χ2n) is 6.73. The fourth-order valence-electron chi connectivity index (χ4n) is 2.54. The van der Waals surface area contributed by atoms with Gasteiger partial charge in [0.15, 0.2) is 0 Å². The highest BCUT2D eigenvalue weighted by atomic mass is 19.4. The number of halogens is 8. The first-order valence-electron chi connectivity index (χ1n) is 9.24. The van der Waals surface area contributed by atoms with Crippen molar-refractivity contribution in [2.75, 3.05) is 0 Å². The summed E-state index contributed by atoms with van der Waals surface area (Å²) in [7, 11) is 0. The number of ether oxygens (including phenoxy) is 1. The Labute approximate surface area is 192 Å². The van der Waals surface area contributed by atoms with E-state index in [0.717, 1.165) is 18.2 Å². The number of rotatable bonds is 3. The Balaban J connectivity index is 0.000000360. The Hall–Kier alpha value is -4.32. The molecule has 0 heterocycles. The zero-order chi connectivity index (χ0) is 26.4. The number of hydrogen-bond acceptors (Lipinski definition) is 4. The average molecular weight is 500 g/mol. The van der Waals surface area contributed by atoms with E-state index in [0.29, 0.717) is 12.1 Å². The van der Waals surface area contributed by atoms with E-state index in [-0.39, 0.29) is 34.3 Å². The summed E-state index contributed by atoms with van der Waals surface area (Å²) in [6.45, 7) is -0.641. The topological polar surface area (TPSA) is 77.0 Å². The first-order valence-corrected chi connectivity index (χ1v) is 9.24. The van der Waals surface area contributed by atoms with E-state index in [2.05, 4.69) is 0 Å². The van der Waals surface area contributed by atoms with Crippen LogP contribution in [-0.2, 0) is 19.0 Å². The molecule has 0 unspecified atom stereocenters. The standard InChI is InChI=1S/C16H8F7NO.C7H4FNO/c17-14-6-13(2-1-10(14)7-24)25-8-9-3-11(15(18,19)20)5-12(4-9)16(21,22)23;8-7-3-6(10)2-1-5(7)4-9/h1-6H,8H2;1-3,10H. The Morgan fingerprint density at radius 3 is 1.63 bits per heavy atom. The maximum Gasteiger partial charge on any atom is 0.416 e. The predicted molar refractivity (Wildman–Crippen MR) is 105 cm³/mol. The zero-order valence-electron chi connectivity index (χ0n) is 17.2. The molecule has 0 aliphatic carbocycles. The zero-order valence-corrected chi connectivity index (χ0v) is 17.2. The number of aromatic hydroxyl groups is 1. The van der Waals surface area contributed by atoms with Crippen molar-refractivity contribution in [2.24, 2.45) is 0 Å². The first kappa shape index (κ1) is 26.9. The SMILES string of the molecule is N#Cc1ccc(O)cc1F.N#Cc1ccc(OCc2cc(C(F)(F)F)cc(C(F)(F)F)c2)cc1F. The van der Waals surface area contributed by atoms with Crippen molar-refractivity contribution in [3.63, 3.8) is 0 Å². The lowest BCUT2D eigenvalue weighted by Gasteiger charge is -2.14. The van der Waals surface area contributed by atoms with Gasteiger partial charge < -0.3 is 9.84 Å². The smallest absolute Gasteiger partial charge is 0.416 e. The van der Waals surface area contributed by atoms with Gasteiger partial charge in [-0.2, -0.15) is 36.9 Å². The van der Waals surface area contributed by atoms with Crippen LogP contribution in [0.5, 0.6) is 11.5 Å². The number of alkyl halides is 6. The average Bonchev–Trinajstić information content (AvgIpc) is 2.77. The van der Waals surface area contributed by atoms with E-state index in [1.807, 2.05) is 0 Å². The molecule has 1 N–H and O–H groups in total. The van der Waals surface area contributed by atoms with Crippen molar-refractivity contribution >= 4 is 0 Å². The van der Waals surface area contributed by atoms with Crippen LogP contribution in [0.1, 0.15) is 27.8 Å². The van der Waals surface area contributed by atoms with Crippen molar-refractivity contribution < 1.29 is 45.0 Å². The molecule has 4 nitrogen and oxygen atoms in total. The first-order chi connectivity index (χ1) is 16.2. The molecule has 0 radical (unpaired) electrons. The van der Waals surface area contributed by atoms with Gasteiger partial charge >= 0.3 is 12.4 Å². The molecule has 0 fully saturated rings. The maximum atomic E-state index is 13.4. The highest BCUT2D eigenvalue weighted by Gasteiger charge is 2.36. The maximum absolute atomic E-state index is 13.4. The number of phenolic OH excluding ortho intramolecular Hbond substituents is 1. The van der Waals surface area contributed by atoms with Crippen molar-refractivity contribution in [2.45, 2.75) is 19.0 Å². The number of nitriles is 2.